The highest BCUT2D eigenvalue weighted by Gasteiger charge is 2.04. The van der Waals surface area contributed by atoms with Crippen LogP contribution in [0, 0.1) is 0 Å². The molecule has 2 rings (SSSR count). The van der Waals surface area contributed by atoms with Crippen LogP contribution in [0.25, 0.3) is 10.9 Å². The number of nitrogens with zero attached hydrogens (tertiary/aromatic N) is 2. The summed E-state index contributed by atoms with van der Waals surface area (Å²) in [5, 5.41) is 8.41. The first-order valence-electron chi connectivity index (χ1n) is 4.15. The molecule has 4 nitrogen and oxygen atoms in total. The lowest BCUT2D eigenvalue weighted by atomic mass is 10.2. The second-order valence-electron chi connectivity index (χ2n) is 3.00. The van der Waals surface area contributed by atoms with Crippen molar-refractivity contribution < 1.29 is 0 Å². The lowest BCUT2D eigenvalue weighted by molar-refractivity contribution is 0.798. The van der Waals surface area contributed by atoms with Crippen molar-refractivity contribution in [2.45, 2.75) is 0 Å². The topological polar surface area (TPSA) is 55.9 Å². The molecule has 3 N–H and O–H groups in total. The zero-order valence-corrected chi connectivity index (χ0v) is 8.51. The van der Waals surface area contributed by atoms with Crippen molar-refractivity contribution in [3.63, 3.8) is 0 Å². The van der Waals surface area contributed by atoms with Crippen molar-refractivity contribution in [3.05, 3.63) is 24.4 Å². The normalized spacial score (nSPS) is 10.4. The number of rotatable bonds is 1. The molecule has 5 heteroatoms. The SMILES string of the molecule is Cn1ncc2cccc(NC(N)=S)c21. The van der Waals surface area contributed by atoms with Gasteiger partial charge in [0.2, 0.25) is 0 Å². The molecule has 0 saturated heterocycles. The molecule has 0 spiro atoms. The minimum atomic E-state index is 0.263. The highest BCUT2D eigenvalue weighted by Crippen LogP contribution is 2.21. The predicted molar refractivity (Wildman–Crippen MR) is 61.1 cm³/mol. The van der Waals surface area contributed by atoms with Gasteiger partial charge in [-0.15, -0.1) is 0 Å². The van der Waals surface area contributed by atoms with Gasteiger partial charge >= 0.3 is 0 Å². The summed E-state index contributed by atoms with van der Waals surface area (Å²) in [6, 6.07) is 5.85. The first kappa shape index (κ1) is 8.96. The largest absolute Gasteiger partial charge is 0.376 e. The van der Waals surface area contributed by atoms with Crippen molar-refractivity contribution in [1.29, 1.82) is 0 Å². The quantitative estimate of drug-likeness (QED) is 0.689. The molecule has 0 radical (unpaired) electrons. The summed E-state index contributed by atoms with van der Waals surface area (Å²) in [6.45, 7) is 0. The van der Waals surface area contributed by atoms with Gasteiger partial charge in [0, 0.05) is 12.4 Å². The number of hydrogen-bond acceptors (Lipinski definition) is 2. The fourth-order valence-corrected chi connectivity index (χ4v) is 1.58. The Morgan fingerprint density at radius 1 is 1.57 bits per heavy atom. The van der Waals surface area contributed by atoms with Gasteiger partial charge in [-0.3, -0.25) is 4.68 Å². The van der Waals surface area contributed by atoms with Crippen LogP contribution in [0.3, 0.4) is 0 Å². The molecular formula is C9H10N4S. The molecule has 0 bridgehead atoms. The smallest absolute Gasteiger partial charge is 0.168 e. The summed E-state index contributed by atoms with van der Waals surface area (Å²) in [4.78, 5) is 0. The predicted octanol–water partition coefficient (Wildman–Crippen LogP) is 1.23. The van der Waals surface area contributed by atoms with Crippen LogP contribution in [0.1, 0.15) is 0 Å². The number of para-hydroxylation sites is 1. The minimum absolute atomic E-state index is 0.263. The number of fused-ring (bicyclic) bond motifs is 1. The second kappa shape index (κ2) is 3.26. The van der Waals surface area contributed by atoms with Crippen molar-refractivity contribution in [3.8, 4) is 0 Å². The molecule has 2 aromatic rings. The van der Waals surface area contributed by atoms with Gasteiger partial charge < -0.3 is 11.1 Å². The van der Waals surface area contributed by atoms with E-state index in [0.29, 0.717) is 0 Å². The van der Waals surface area contributed by atoms with E-state index in [4.69, 9.17) is 18.0 Å². The molecule has 1 aromatic heterocycles. The Morgan fingerprint density at radius 2 is 2.36 bits per heavy atom. The Bertz CT molecular complexity index is 489. The van der Waals surface area contributed by atoms with E-state index in [0.717, 1.165) is 16.6 Å². The minimum Gasteiger partial charge on any atom is -0.376 e. The molecule has 72 valence electrons. The lowest BCUT2D eigenvalue weighted by Gasteiger charge is -2.06. The molecule has 0 amide bonds. The van der Waals surface area contributed by atoms with Crippen LogP contribution in [0.5, 0.6) is 0 Å². The summed E-state index contributed by atoms with van der Waals surface area (Å²) in [6.07, 6.45) is 1.81. The summed E-state index contributed by atoms with van der Waals surface area (Å²) in [5.41, 5.74) is 7.31. The summed E-state index contributed by atoms with van der Waals surface area (Å²) in [5.74, 6) is 0. The Hall–Kier alpha value is -1.62. The van der Waals surface area contributed by atoms with Crippen molar-refractivity contribution in [1.82, 2.24) is 9.78 Å². The third-order valence-electron chi connectivity index (χ3n) is 2.02. The number of nitrogens with one attached hydrogen (secondary N) is 1. The van der Waals surface area contributed by atoms with E-state index in [9.17, 15) is 0 Å². The van der Waals surface area contributed by atoms with Crippen LogP contribution >= 0.6 is 12.2 Å². The number of anilines is 1. The van der Waals surface area contributed by atoms with Gasteiger partial charge in [0.15, 0.2) is 5.11 Å². The number of thiocarbonyl (C=S) groups is 1. The average Bonchev–Trinajstić information content (AvgIpc) is 2.48. The van der Waals surface area contributed by atoms with Crippen LogP contribution in [0.4, 0.5) is 5.69 Å². The number of benzene rings is 1. The monoisotopic (exact) mass is 206 g/mol. The third-order valence-corrected chi connectivity index (χ3v) is 2.12. The van der Waals surface area contributed by atoms with E-state index in [1.54, 1.807) is 10.9 Å². The van der Waals surface area contributed by atoms with Crippen molar-refractivity contribution >= 4 is 33.9 Å². The van der Waals surface area contributed by atoms with Crippen LogP contribution < -0.4 is 11.1 Å². The van der Waals surface area contributed by atoms with Gasteiger partial charge in [0.1, 0.15) is 0 Å². The molecule has 0 unspecified atom stereocenters. The van der Waals surface area contributed by atoms with Gasteiger partial charge in [-0.05, 0) is 18.3 Å². The molecule has 0 fully saturated rings. The zero-order chi connectivity index (χ0) is 10.1. The van der Waals surface area contributed by atoms with Crippen LogP contribution in [0.2, 0.25) is 0 Å². The van der Waals surface area contributed by atoms with E-state index in [2.05, 4.69) is 10.4 Å². The zero-order valence-electron chi connectivity index (χ0n) is 7.69. The van der Waals surface area contributed by atoms with Crippen molar-refractivity contribution in [2.24, 2.45) is 12.8 Å². The second-order valence-corrected chi connectivity index (χ2v) is 3.44. The van der Waals surface area contributed by atoms with E-state index in [1.165, 1.54) is 0 Å². The maximum atomic E-state index is 5.42. The van der Waals surface area contributed by atoms with Gasteiger partial charge in [-0.25, -0.2) is 0 Å². The Balaban J connectivity index is 2.63. The number of hydrogen-bond donors (Lipinski definition) is 2. The third kappa shape index (κ3) is 1.42. The average molecular weight is 206 g/mol. The van der Waals surface area contributed by atoms with Crippen molar-refractivity contribution in [2.75, 3.05) is 5.32 Å². The Labute approximate surface area is 86.7 Å². The van der Waals surface area contributed by atoms with Gasteiger partial charge in [-0.1, -0.05) is 12.1 Å². The standard InChI is InChI=1S/C9H10N4S/c1-13-8-6(5-11-13)3-2-4-7(8)12-9(10)14/h2-5H,1H3,(H3,10,12,14). The van der Waals surface area contributed by atoms with E-state index >= 15 is 0 Å². The molecule has 14 heavy (non-hydrogen) atoms. The molecule has 0 aliphatic carbocycles. The lowest BCUT2D eigenvalue weighted by Crippen LogP contribution is -2.19. The first-order chi connectivity index (χ1) is 6.68. The molecule has 0 atom stereocenters. The van der Waals surface area contributed by atoms with E-state index in [1.807, 2.05) is 25.2 Å². The highest BCUT2D eigenvalue weighted by atomic mass is 32.1. The molecule has 1 aromatic carbocycles. The molecule has 1 heterocycles. The number of nitrogens with two attached hydrogens (primary N) is 1. The van der Waals surface area contributed by atoms with Gasteiger partial charge in [0.05, 0.1) is 17.4 Å². The van der Waals surface area contributed by atoms with Crippen LogP contribution in [-0.4, -0.2) is 14.9 Å². The first-order valence-corrected chi connectivity index (χ1v) is 4.56. The maximum Gasteiger partial charge on any atom is 0.168 e. The summed E-state index contributed by atoms with van der Waals surface area (Å²) in [7, 11) is 1.88. The molecule has 0 aliphatic heterocycles. The van der Waals surface area contributed by atoms with E-state index < -0.39 is 0 Å². The summed E-state index contributed by atoms with van der Waals surface area (Å²) >= 11 is 4.79. The Morgan fingerprint density at radius 3 is 3.07 bits per heavy atom. The fraction of sp³-hybridized carbons (Fsp3) is 0.111. The maximum absolute atomic E-state index is 5.42. The summed E-state index contributed by atoms with van der Waals surface area (Å²) < 4.78 is 1.79. The Kier molecular flexibility index (Phi) is 2.09. The molecular weight excluding hydrogens is 196 g/mol. The fourth-order valence-electron chi connectivity index (χ4n) is 1.47. The molecule has 0 saturated carbocycles. The number of aromatic nitrogens is 2. The van der Waals surface area contributed by atoms with Gasteiger partial charge in [-0.2, -0.15) is 5.10 Å². The highest BCUT2D eigenvalue weighted by molar-refractivity contribution is 7.80. The molecule has 0 aliphatic rings. The van der Waals surface area contributed by atoms with Crippen LogP contribution in [0.15, 0.2) is 24.4 Å². The van der Waals surface area contributed by atoms with Crippen LogP contribution in [-0.2, 0) is 7.05 Å². The van der Waals surface area contributed by atoms with Gasteiger partial charge in [0.25, 0.3) is 0 Å². The van der Waals surface area contributed by atoms with E-state index in [-0.39, 0.29) is 5.11 Å². The number of aryl methyl sites for hydroxylation is 1.